The molecule has 1 unspecified atom stereocenters. The molecule has 1 heterocycles. The van der Waals surface area contributed by atoms with Gasteiger partial charge in [0.2, 0.25) is 10.0 Å². The number of nitrogens with one attached hydrogen (secondary N) is 1. The molecule has 1 N–H and O–H groups in total. The lowest BCUT2D eigenvalue weighted by Gasteiger charge is -2.32. The van der Waals surface area contributed by atoms with Crippen molar-refractivity contribution in [2.45, 2.75) is 51.1 Å². The highest BCUT2D eigenvalue weighted by molar-refractivity contribution is 7.89. The van der Waals surface area contributed by atoms with Gasteiger partial charge in [0.25, 0.3) is 0 Å². The van der Waals surface area contributed by atoms with Crippen LogP contribution in [0, 0.1) is 0 Å². The maximum Gasteiger partial charge on any atom is 0.214 e. The van der Waals surface area contributed by atoms with Crippen LogP contribution in [0.1, 0.15) is 39.0 Å². The van der Waals surface area contributed by atoms with E-state index in [9.17, 15) is 8.42 Å². The minimum absolute atomic E-state index is 0.271. The zero-order chi connectivity index (χ0) is 11.6. The average Bonchev–Trinajstić information content (AvgIpc) is 2.72. The summed E-state index contributed by atoms with van der Waals surface area (Å²) in [6.07, 6.45) is 5.19. The van der Waals surface area contributed by atoms with Gasteiger partial charge in [0.15, 0.2) is 0 Å². The van der Waals surface area contributed by atoms with Gasteiger partial charge in [-0.1, -0.05) is 12.8 Å². The Labute approximate surface area is 98.4 Å². The topological polar surface area (TPSA) is 49.4 Å². The lowest BCUT2D eigenvalue weighted by molar-refractivity contribution is 0.287. The molecule has 0 aromatic carbocycles. The lowest BCUT2D eigenvalue weighted by Crippen LogP contribution is -2.49. The van der Waals surface area contributed by atoms with Gasteiger partial charge in [0.05, 0.1) is 5.75 Å². The second-order valence-corrected chi connectivity index (χ2v) is 7.07. The van der Waals surface area contributed by atoms with Crippen molar-refractivity contribution in [2.75, 3.05) is 18.8 Å². The van der Waals surface area contributed by atoms with E-state index in [0.717, 1.165) is 25.8 Å². The molecule has 2 fully saturated rings. The van der Waals surface area contributed by atoms with E-state index in [1.54, 1.807) is 4.31 Å². The van der Waals surface area contributed by atoms with E-state index in [2.05, 4.69) is 12.2 Å². The van der Waals surface area contributed by atoms with Gasteiger partial charge in [-0.25, -0.2) is 8.42 Å². The predicted octanol–water partition coefficient (Wildman–Crippen LogP) is 0.943. The van der Waals surface area contributed by atoms with Crippen LogP contribution in [0.5, 0.6) is 0 Å². The Hall–Kier alpha value is -0.130. The molecule has 0 aromatic rings. The third-order valence-electron chi connectivity index (χ3n) is 3.61. The van der Waals surface area contributed by atoms with Crippen molar-refractivity contribution in [2.24, 2.45) is 0 Å². The van der Waals surface area contributed by atoms with E-state index in [1.807, 2.05) is 0 Å². The highest BCUT2D eigenvalue weighted by Crippen LogP contribution is 2.26. The summed E-state index contributed by atoms with van der Waals surface area (Å²) in [5.74, 6) is 0.309. The molecular weight excluding hydrogens is 224 g/mol. The predicted molar refractivity (Wildman–Crippen MR) is 64.8 cm³/mol. The zero-order valence-electron chi connectivity index (χ0n) is 9.98. The molecule has 1 atom stereocenters. The molecule has 16 heavy (non-hydrogen) atoms. The fourth-order valence-electron chi connectivity index (χ4n) is 2.74. The molecule has 0 spiro atoms. The summed E-state index contributed by atoms with van der Waals surface area (Å²) in [7, 11) is -3.01. The molecule has 2 rings (SSSR count). The van der Waals surface area contributed by atoms with E-state index in [-0.39, 0.29) is 12.1 Å². The number of hydrogen-bond donors (Lipinski definition) is 1. The van der Waals surface area contributed by atoms with Crippen LogP contribution in [0.4, 0.5) is 0 Å². The van der Waals surface area contributed by atoms with Crippen molar-refractivity contribution < 1.29 is 8.42 Å². The lowest BCUT2D eigenvalue weighted by atomic mass is 10.2. The number of rotatable bonds is 1. The highest BCUT2D eigenvalue weighted by Gasteiger charge is 2.33. The van der Waals surface area contributed by atoms with Gasteiger partial charge in [-0.2, -0.15) is 4.31 Å². The SMILES string of the molecule is CC1CN(C2CCCC2)S(=O)(=O)CCCN1. The van der Waals surface area contributed by atoms with Crippen LogP contribution in [0.3, 0.4) is 0 Å². The average molecular weight is 246 g/mol. The van der Waals surface area contributed by atoms with Crippen molar-refractivity contribution in [3.63, 3.8) is 0 Å². The van der Waals surface area contributed by atoms with Crippen LogP contribution < -0.4 is 5.32 Å². The van der Waals surface area contributed by atoms with Crippen molar-refractivity contribution in [3.8, 4) is 0 Å². The molecule has 1 saturated carbocycles. The minimum atomic E-state index is -3.01. The van der Waals surface area contributed by atoms with Crippen molar-refractivity contribution in [1.82, 2.24) is 9.62 Å². The summed E-state index contributed by atoms with van der Waals surface area (Å²) >= 11 is 0. The van der Waals surface area contributed by atoms with Crippen LogP contribution in [-0.4, -0.2) is 43.6 Å². The molecule has 4 nitrogen and oxygen atoms in total. The molecule has 2 aliphatic rings. The Bertz CT molecular complexity index is 323. The Morgan fingerprint density at radius 2 is 1.88 bits per heavy atom. The number of nitrogens with zero attached hydrogens (tertiary/aromatic N) is 1. The monoisotopic (exact) mass is 246 g/mol. The van der Waals surface area contributed by atoms with Crippen LogP contribution in [0.15, 0.2) is 0 Å². The molecule has 94 valence electrons. The molecular formula is C11H22N2O2S. The third-order valence-corrected chi connectivity index (χ3v) is 5.58. The van der Waals surface area contributed by atoms with E-state index < -0.39 is 10.0 Å². The highest BCUT2D eigenvalue weighted by atomic mass is 32.2. The Morgan fingerprint density at radius 3 is 2.56 bits per heavy atom. The van der Waals surface area contributed by atoms with Gasteiger partial charge >= 0.3 is 0 Å². The Balaban J connectivity index is 2.14. The van der Waals surface area contributed by atoms with Crippen molar-refractivity contribution >= 4 is 10.0 Å². The summed E-state index contributed by atoms with van der Waals surface area (Å²) in [4.78, 5) is 0. The van der Waals surface area contributed by atoms with Gasteiger partial charge in [-0.15, -0.1) is 0 Å². The van der Waals surface area contributed by atoms with E-state index in [4.69, 9.17) is 0 Å². The smallest absolute Gasteiger partial charge is 0.214 e. The van der Waals surface area contributed by atoms with E-state index >= 15 is 0 Å². The van der Waals surface area contributed by atoms with E-state index in [0.29, 0.717) is 12.3 Å². The zero-order valence-corrected chi connectivity index (χ0v) is 10.8. The largest absolute Gasteiger partial charge is 0.313 e. The molecule has 5 heteroatoms. The van der Waals surface area contributed by atoms with Gasteiger partial charge in [0.1, 0.15) is 0 Å². The first-order valence-electron chi connectivity index (χ1n) is 6.32. The summed E-state index contributed by atoms with van der Waals surface area (Å²) in [6.45, 7) is 3.54. The summed E-state index contributed by atoms with van der Waals surface area (Å²) in [5.41, 5.74) is 0. The van der Waals surface area contributed by atoms with Crippen molar-refractivity contribution in [3.05, 3.63) is 0 Å². The van der Waals surface area contributed by atoms with Crippen LogP contribution in [0.25, 0.3) is 0 Å². The van der Waals surface area contributed by atoms with Crippen LogP contribution in [-0.2, 0) is 10.0 Å². The fraction of sp³-hybridized carbons (Fsp3) is 1.00. The van der Waals surface area contributed by atoms with E-state index in [1.165, 1.54) is 12.8 Å². The Kier molecular flexibility index (Phi) is 3.87. The Morgan fingerprint density at radius 1 is 1.19 bits per heavy atom. The second-order valence-electron chi connectivity index (χ2n) is 5.03. The standard InChI is InChI=1S/C11H22N2O2S/c1-10-9-13(11-5-2-3-6-11)16(14,15)8-4-7-12-10/h10-12H,2-9H2,1H3. The van der Waals surface area contributed by atoms with Gasteiger partial charge < -0.3 is 5.32 Å². The quantitative estimate of drug-likeness (QED) is 0.749. The summed E-state index contributed by atoms with van der Waals surface area (Å²) in [6, 6.07) is 0.544. The number of sulfonamides is 1. The maximum atomic E-state index is 12.2. The summed E-state index contributed by atoms with van der Waals surface area (Å²) in [5, 5.41) is 3.37. The molecule has 1 aliphatic carbocycles. The number of hydrogen-bond acceptors (Lipinski definition) is 3. The first-order valence-corrected chi connectivity index (χ1v) is 7.93. The molecule has 1 saturated heterocycles. The van der Waals surface area contributed by atoms with Gasteiger partial charge in [-0.3, -0.25) is 0 Å². The van der Waals surface area contributed by atoms with Gasteiger partial charge in [0, 0.05) is 18.6 Å². The van der Waals surface area contributed by atoms with Crippen LogP contribution in [0.2, 0.25) is 0 Å². The molecule has 0 amide bonds. The normalized spacial score (nSPS) is 33.4. The molecule has 0 radical (unpaired) electrons. The van der Waals surface area contributed by atoms with Gasteiger partial charge in [-0.05, 0) is 32.7 Å². The first kappa shape index (κ1) is 12.3. The second kappa shape index (κ2) is 5.02. The molecule has 0 aromatic heterocycles. The first-order chi connectivity index (χ1) is 7.59. The fourth-order valence-corrected chi connectivity index (χ4v) is 4.60. The van der Waals surface area contributed by atoms with Crippen molar-refractivity contribution in [1.29, 1.82) is 0 Å². The molecule has 0 bridgehead atoms. The van der Waals surface area contributed by atoms with Crippen LogP contribution >= 0.6 is 0 Å². The summed E-state index contributed by atoms with van der Waals surface area (Å²) < 4.78 is 26.1. The minimum Gasteiger partial charge on any atom is -0.313 e. The molecule has 1 aliphatic heterocycles. The maximum absolute atomic E-state index is 12.2. The third kappa shape index (κ3) is 2.76.